The molecule has 0 aromatic rings. The van der Waals surface area contributed by atoms with Crippen molar-refractivity contribution in [1.82, 2.24) is 15.1 Å². The standard InChI is InChI=1S/C14H25N3O/c1-16-12-5-4-6-13(16)10-11(9-12)15-14(18)17-7-2-3-8-17/h11-13H,2-10H2,1H3,(H,15,18). The van der Waals surface area contributed by atoms with Gasteiger partial charge in [0.1, 0.15) is 0 Å². The summed E-state index contributed by atoms with van der Waals surface area (Å²) in [6.45, 7) is 1.90. The first-order valence-electron chi connectivity index (χ1n) is 7.51. The Morgan fingerprint density at radius 3 is 2.28 bits per heavy atom. The smallest absolute Gasteiger partial charge is 0.317 e. The van der Waals surface area contributed by atoms with E-state index in [4.69, 9.17) is 0 Å². The molecule has 18 heavy (non-hydrogen) atoms. The quantitative estimate of drug-likeness (QED) is 0.771. The van der Waals surface area contributed by atoms with E-state index in [1.807, 2.05) is 4.90 Å². The second-order valence-electron chi connectivity index (χ2n) is 6.22. The zero-order valence-corrected chi connectivity index (χ0v) is 11.4. The molecule has 2 atom stereocenters. The molecule has 3 aliphatic heterocycles. The van der Waals surface area contributed by atoms with Crippen molar-refractivity contribution in [2.45, 2.75) is 63.1 Å². The van der Waals surface area contributed by atoms with Crippen LogP contribution in [0.1, 0.15) is 44.9 Å². The number of hydrogen-bond donors (Lipinski definition) is 1. The number of piperidine rings is 2. The predicted molar refractivity (Wildman–Crippen MR) is 71.6 cm³/mol. The summed E-state index contributed by atoms with van der Waals surface area (Å²) in [5.41, 5.74) is 0. The minimum atomic E-state index is 0.181. The van der Waals surface area contributed by atoms with E-state index in [9.17, 15) is 4.79 Å². The maximum atomic E-state index is 12.1. The Bertz CT molecular complexity index is 300. The maximum Gasteiger partial charge on any atom is 0.317 e. The molecule has 1 N–H and O–H groups in total. The number of amides is 2. The third-order valence-corrected chi connectivity index (χ3v) is 5.06. The third kappa shape index (κ3) is 2.35. The first-order chi connectivity index (χ1) is 8.74. The molecule has 4 nitrogen and oxygen atoms in total. The maximum absolute atomic E-state index is 12.1. The number of hydrogen-bond acceptors (Lipinski definition) is 2. The number of nitrogens with one attached hydrogen (secondary N) is 1. The zero-order valence-electron chi connectivity index (χ0n) is 11.4. The first-order valence-corrected chi connectivity index (χ1v) is 7.51. The lowest BCUT2D eigenvalue weighted by Crippen LogP contribution is -2.56. The number of likely N-dealkylation sites (tertiary alicyclic amines) is 1. The van der Waals surface area contributed by atoms with Crippen molar-refractivity contribution in [2.24, 2.45) is 0 Å². The summed E-state index contributed by atoms with van der Waals surface area (Å²) in [6.07, 6.45) is 8.62. The molecule has 3 heterocycles. The second-order valence-corrected chi connectivity index (χ2v) is 6.22. The van der Waals surface area contributed by atoms with Crippen molar-refractivity contribution in [3.05, 3.63) is 0 Å². The molecular weight excluding hydrogens is 226 g/mol. The molecule has 0 aliphatic carbocycles. The van der Waals surface area contributed by atoms with Crippen LogP contribution in [0, 0.1) is 0 Å². The van der Waals surface area contributed by atoms with Crippen LogP contribution in [0.5, 0.6) is 0 Å². The Morgan fingerprint density at radius 2 is 1.67 bits per heavy atom. The van der Waals surface area contributed by atoms with Gasteiger partial charge >= 0.3 is 6.03 Å². The Hall–Kier alpha value is -0.770. The normalized spacial score (nSPS) is 36.7. The van der Waals surface area contributed by atoms with Gasteiger partial charge in [-0.2, -0.15) is 0 Å². The third-order valence-electron chi connectivity index (χ3n) is 5.06. The number of nitrogens with zero attached hydrogens (tertiary/aromatic N) is 2. The van der Waals surface area contributed by atoms with E-state index in [-0.39, 0.29) is 6.03 Å². The topological polar surface area (TPSA) is 35.6 Å². The van der Waals surface area contributed by atoms with Crippen molar-refractivity contribution in [3.63, 3.8) is 0 Å². The van der Waals surface area contributed by atoms with E-state index in [0.29, 0.717) is 18.1 Å². The van der Waals surface area contributed by atoms with Gasteiger partial charge in [0, 0.05) is 31.2 Å². The Balaban J connectivity index is 1.55. The van der Waals surface area contributed by atoms with Crippen LogP contribution in [0.25, 0.3) is 0 Å². The van der Waals surface area contributed by atoms with E-state index < -0.39 is 0 Å². The van der Waals surface area contributed by atoms with Gasteiger partial charge in [0.25, 0.3) is 0 Å². The summed E-state index contributed by atoms with van der Waals surface area (Å²) in [4.78, 5) is 16.6. The van der Waals surface area contributed by atoms with Crippen molar-refractivity contribution in [3.8, 4) is 0 Å². The lowest BCUT2D eigenvalue weighted by atomic mass is 9.82. The van der Waals surface area contributed by atoms with Gasteiger partial charge < -0.3 is 15.1 Å². The number of fused-ring (bicyclic) bond motifs is 2. The molecule has 3 fully saturated rings. The summed E-state index contributed by atoms with van der Waals surface area (Å²) in [6, 6.07) is 1.98. The molecule has 0 aromatic heterocycles. The van der Waals surface area contributed by atoms with E-state index >= 15 is 0 Å². The van der Waals surface area contributed by atoms with Gasteiger partial charge in [-0.25, -0.2) is 4.79 Å². The van der Waals surface area contributed by atoms with E-state index in [0.717, 1.165) is 25.9 Å². The highest BCUT2D eigenvalue weighted by Crippen LogP contribution is 2.32. The molecule has 3 aliphatic rings. The van der Waals surface area contributed by atoms with Crippen molar-refractivity contribution >= 4 is 6.03 Å². The lowest BCUT2D eigenvalue weighted by molar-refractivity contribution is 0.0497. The minimum absolute atomic E-state index is 0.181. The fourth-order valence-corrected chi connectivity index (χ4v) is 3.92. The van der Waals surface area contributed by atoms with Gasteiger partial charge in [-0.1, -0.05) is 6.42 Å². The van der Waals surface area contributed by atoms with Gasteiger partial charge in [0.2, 0.25) is 0 Å². The summed E-state index contributed by atoms with van der Waals surface area (Å²) >= 11 is 0. The first kappa shape index (κ1) is 12.3. The van der Waals surface area contributed by atoms with Crippen LogP contribution in [0.15, 0.2) is 0 Å². The molecule has 2 amide bonds. The second kappa shape index (κ2) is 5.08. The van der Waals surface area contributed by atoms with Gasteiger partial charge in [0.15, 0.2) is 0 Å². The Kier molecular flexibility index (Phi) is 3.46. The molecule has 3 rings (SSSR count). The van der Waals surface area contributed by atoms with Crippen molar-refractivity contribution in [2.75, 3.05) is 20.1 Å². The van der Waals surface area contributed by atoms with Crippen LogP contribution in [-0.4, -0.2) is 54.1 Å². The van der Waals surface area contributed by atoms with Gasteiger partial charge in [0.05, 0.1) is 0 Å². The van der Waals surface area contributed by atoms with E-state index in [1.54, 1.807) is 0 Å². The number of carbonyl (C=O) groups is 1. The molecule has 102 valence electrons. The number of urea groups is 1. The molecule has 0 saturated carbocycles. The zero-order chi connectivity index (χ0) is 12.5. The molecule has 4 heteroatoms. The molecular formula is C14H25N3O. The number of carbonyl (C=O) groups excluding carboxylic acids is 1. The highest BCUT2D eigenvalue weighted by atomic mass is 16.2. The largest absolute Gasteiger partial charge is 0.335 e. The molecule has 0 aromatic carbocycles. The fourth-order valence-electron chi connectivity index (χ4n) is 3.92. The summed E-state index contributed by atoms with van der Waals surface area (Å²) < 4.78 is 0. The van der Waals surface area contributed by atoms with Crippen molar-refractivity contribution in [1.29, 1.82) is 0 Å². The molecule has 0 radical (unpaired) electrons. The van der Waals surface area contributed by atoms with E-state index in [1.165, 1.54) is 32.1 Å². The van der Waals surface area contributed by atoms with Crippen LogP contribution in [0.3, 0.4) is 0 Å². The molecule has 0 spiro atoms. The minimum Gasteiger partial charge on any atom is -0.335 e. The Morgan fingerprint density at radius 1 is 1.06 bits per heavy atom. The number of rotatable bonds is 1. The predicted octanol–water partition coefficient (Wildman–Crippen LogP) is 1.81. The highest BCUT2D eigenvalue weighted by molar-refractivity contribution is 5.74. The average molecular weight is 251 g/mol. The van der Waals surface area contributed by atoms with E-state index in [2.05, 4.69) is 17.3 Å². The van der Waals surface area contributed by atoms with Crippen LogP contribution in [0.4, 0.5) is 4.79 Å². The highest BCUT2D eigenvalue weighted by Gasteiger charge is 2.36. The van der Waals surface area contributed by atoms with Crippen LogP contribution in [-0.2, 0) is 0 Å². The Labute approximate surface area is 110 Å². The van der Waals surface area contributed by atoms with Crippen LogP contribution < -0.4 is 5.32 Å². The fraction of sp³-hybridized carbons (Fsp3) is 0.929. The summed E-state index contributed by atoms with van der Waals surface area (Å²) in [7, 11) is 2.26. The van der Waals surface area contributed by atoms with Crippen LogP contribution >= 0.6 is 0 Å². The van der Waals surface area contributed by atoms with Gasteiger partial charge in [-0.15, -0.1) is 0 Å². The summed E-state index contributed by atoms with van der Waals surface area (Å²) in [5, 5.41) is 3.27. The SMILES string of the molecule is CN1C2CCCC1CC(NC(=O)N1CCCC1)C2. The van der Waals surface area contributed by atoms with Crippen LogP contribution in [0.2, 0.25) is 0 Å². The average Bonchev–Trinajstić information content (AvgIpc) is 2.84. The monoisotopic (exact) mass is 251 g/mol. The molecule has 2 bridgehead atoms. The summed E-state index contributed by atoms with van der Waals surface area (Å²) in [5.74, 6) is 0. The lowest BCUT2D eigenvalue weighted by Gasteiger charge is -2.47. The van der Waals surface area contributed by atoms with Gasteiger partial charge in [-0.05, 0) is 45.6 Å². The molecule has 3 saturated heterocycles. The molecule has 2 unspecified atom stereocenters. The van der Waals surface area contributed by atoms with Gasteiger partial charge in [-0.3, -0.25) is 0 Å². The van der Waals surface area contributed by atoms with Crippen molar-refractivity contribution < 1.29 is 4.79 Å².